The first-order valence-corrected chi connectivity index (χ1v) is 14.2. The fourth-order valence-electron chi connectivity index (χ4n) is 6.17. The zero-order valence-electron chi connectivity index (χ0n) is 22.2. The molecule has 0 saturated heterocycles. The lowest BCUT2D eigenvalue weighted by molar-refractivity contribution is -0.243. The number of hydrogen-bond donors (Lipinski definition) is 0. The lowest BCUT2D eigenvalue weighted by atomic mass is 9.71. The molecule has 0 N–H and O–H groups in total. The van der Waals surface area contributed by atoms with Crippen LogP contribution < -0.4 is 0 Å². The molecule has 1 fully saturated rings. The average Bonchev–Trinajstić information content (AvgIpc) is 3.34. The summed E-state index contributed by atoms with van der Waals surface area (Å²) in [5.74, 6) is 0.290. The van der Waals surface area contributed by atoms with Crippen LogP contribution in [0.3, 0.4) is 0 Å². The van der Waals surface area contributed by atoms with Crippen LogP contribution in [0, 0.1) is 11.3 Å². The Morgan fingerprint density at radius 3 is 1.35 bits per heavy atom. The van der Waals surface area contributed by atoms with E-state index >= 15 is 0 Å². The summed E-state index contributed by atoms with van der Waals surface area (Å²) in [4.78, 5) is 0. The summed E-state index contributed by atoms with van der Waals surface area (Å²) >= 11 is 0. The smallest absolute Gasteiger partial charge is 0.170 e. The minimum absolute atomic E-state index is 0.312. The van der Waals surface area contributed by atoms with E-state index in [1.54, 1.807) is 0 Å². The van der Waals surface area contributed by atoms with E-state index in [-0.39, 0.29) is 5.79 Å². The van der Waals surface area contributed by atoms with Crippen LogP contribution in [0.4, 0.5) is 0 Å². The van der Waals surface area contributed by atoms with Crippen molar-refractivity contribution in [3.63, 3.8) is 0 Å². The molecule has 0 radical (unpaired) electrons. The normalized spacial score (nSPS) is 15.8. The molecule has 0 atom stereocenters. The van der Waals surface area contributed by atoms with Crippen LogP contribution in [0.25, 0.3) is 0 Å². The quantitative estimate of drug-likeness (QED) is 0.131. The Bertz CT molecular complexity index is 374. The van der Waals surface area contributed by atoms with Crippen molar-refractivity contribution < 1.29 is 9.47 Å². The van der Waals surface area contributed by atoms with Gasteiger partial charge in [-0.2, -0.15) is 0 Å². The van der Waals surface area contributed by atoms with Gasteiger partial charge in [-0.1, -0.05) is 104 Å². The van der Waals surface area contributed by atoms with Gasteiger partial charge in [-0.3, -0.25) is 0 Å². The van der Waals surface area contributed by atoms with Crippen LogP contribution in [0.15, 0.2) is 0 Å². The first-order valence-electron chi connectivity index (χ1n) is 14.2. The molecule has 0 bridgehead atoms. The predicted octanol–water partition coefficient (Wildman–Crippen LogP) is 9.84. The van der Waals surface area contributed by atoms with E-state index < -0.39 is 0 Å². The number of methoxy groups -OCH3 is 2. The highest BCUT2D eigenvalue weighted by atomic mass is 16.7. The van der Waals surface area contributed by atoms with E-state index in [1.807, 2.05) is 14.2 Å². The van der Waals surface area contributed by atoms with Gasteiger partial charge in [-0.25, -0.2) is 0 Å². The highest BCUT2D eigenvalue weighted by Gasteiger charge is 2.40. The maximum atomic E-state index is 5.93. The van der Waals surface area contributed by atoms with Crippen LogP contribution in [0.5, 0.6) is 0 Å². The molecule has 0 unspecified atom stereocenters. The zero-order valence-corrected chi connectivity index (χ0v) is 22.2. The summed E-state index contributed by atoms with van der Waals surface area (Å²) in [7, 11) is 3.70. The van der Waals surface area contributed by atoms with Crippen LogP contribution in [0.1, 0.15) is 156 Å². The summed E-state index contributed by atoms with van der Waals surface area (Å²) in [5.41, 5.74) is 0.653. The van der Waals surface area contributed by atoms with Crippen molar-refractivity contribution in [1.29, 1.82) is 0 Å². The Kier molecular flexibility index (Phi) is 16.3. The standard InChI is InChI=1S/C29H58O2/c1-6-9-22-28(23-10-7-2,24-11-8-3)25-18-14-12-13-15-19-26-29(30-4,31-5)27-20-16-17-21-27/h27H,6-26H2,1-5H3. The monoisotopic (exact) mass is 438 g/mol. The highest BCUT2D eigenvalue weighted by Crippen LogP contribution is 2.42. The van der Waals surface area contributed by atoms with Crippen LogP contribution in [0.2, 0.25) is 0 Å². The zero-order chi connectivity index (χ0) is 22.8. The molecule has 0 heterocycles. The Labute approximate surface area is 196 Å². The Hall–Kier alpha value is -0.0800. The van der Waals surface area contributed by atoms with Gasteiger partial charge in [-0.05, 0) is 50.4 Å². The molecule has 0 aromatic rings. The van der Waals surface area contributed by atoms with Gasteiger partial charge in [0.25, 0.3) is 0 Å². The van der Waals surface area contributed by atoms with Crippen molar-refractivity contribution in [3.8, 4) is 0 Å². The molecule has 0 amide bonds. The molecule has 2 heteroatoms. The minimum atomic E-state index is -0.312. The largest absolute Gasteiger partial charge is 0.353 e. The van der Waals surface area contributed by atoms with Crippen molar-refractivity contribution in [3.05, 3.63) is 0 Å². The predicted molar refractivity (Wildman–Crippen MR) is 137 cm³/mol. The fraction of sp³-hybridized carbons (Fsp3) is 1.00. The van der Waals surface area contributed by atoms with Gasteiger partial charge in [0.2, 0.25) is 0 Å². The van der Waals surface area contributed by atoms with Crippen molar-refractivity contribution in [2.75, 3.05) is 14.2 Å². The molecule has 0 aromatic carbocycles. The van der Waals surface area contributed by atoms with E-state index in [1.165, 1.54) is 128 Å². The Balaban J connectivity index is 2.32. The van der Waals surface area contributed by atoms with E-state index in [9.17, 15) is 0 Å². The Morgan fingerprint density at radius 2 is 0.935 bits per heavy atom. The van der Waals surface area contributed by atoms with E-state index in [0.717, 1.165) is 6.42 Å². The number of hydrogen-bond acceptors (Lipinski definition) is 2. The average molecular weight is 439 g/mol. The molecule has 0 aromatic heterocycles. The molecular formula is C29H58O2. The van der Waals surface area contributed by atoms with Crippen LogP contribution in [-0.4, -0.2) is 20.0 Å². The molecule has 1 aliphatic carbocycles. The fourth-order valence-corrected chi connectivity index (χ4v) is 6.17. The first kappa shape index (κ1) is 29.0. The van der Waals surface area contributed by atoms with Crippen LogP contribution in [-0.2, 0) is 9.47 Å². The summed E-state index contributed by atoms with van der Waals surface area (Å²) in [6.45, 7) is 7.08. The van der Waals surface area contributed by atoms with E-state index in [4.69, 9.17) is 9.47 Å². The van der Waals surface area contributed by atoms with Gasteiger partial charge >= 0.3 is 0 Å². The van der Waals surface area contributed by atoms with Gasteiger partial charge in [-0.15, -0.1) is 0 Å². The molecule has 186 valence electrons. The van der Waals surface area contributed by atoms with Gasteiger partial charge in [0.1, 0.15) is 0 Å². The van der Waals surface area contributed by atoms with Crippen molar-refractivity contribution >= 4 is 0 Å². The summed E-state index contributed by atoms with van der Waals surface area (Å²) in [5, 5.41) is 0. The number of ether oxygens (including phenoxy) is 2. The third-order valence-corrected chi connectivity index (χ3v) is 8.33. The van der Waals surface area contributed by atoms with Gasteiger partial charge in [0.05, 0.1) is 0 Å². The third-order valence-electron chi connectivity index (χ3n) is 8.33. The van der Waals surface area contributed by atoms with Gasteiger partial charge in [0, 0.05) is 26.6 Å². The maximum Gasteiger partial charge on any atom is 0.170 e. The third kappa shape index (κ3) is 10.6. The maximum absolute atomic E-state index is 5.93. The van der Waals surface area contributed by atoms with Gasteiger partial charge in [0.15, 0.2) is 5.79 Å². The summed E-state index contributed by atoms with van der Waals surface area (Å²) in [6.07, 6.45) is 28.8. The molecule has 1 rings (SSSR count). The van der Waals surface area contributed by atoms with Crippen LogP contribution >= 0.6 is 0 Å². The topological polar surface area (TPSA) is 18.5 Å². The second-order valence-electron chi connectivity index (χ2n) is 10.6. The second-order valence-corrected chi connectivity index (χ2v) is 10.6. The van der Waals surface area contributed by atoms with Crippen molar-refractivity contribution in [1.82, 2.24) is 0 Å². The lowest BCUT2D eigenvalue weighted by Gasteiger charge is -2.36. The highest BCUT2D eigenvalue weighted by molar-refractivity contribution is 4.83. The molecule has 0 spiro atoms. The van der Waals surface area contributed by atoms with Crippen molar-refractivity contribution in [2.45, 2.75) is 161 Å². The molecule has 31 heavy (non-hydrogen) atoms. The second kappa shape index (κ2) is 17.4. The first-order chi connectivity index (χ1) is 15.1. The number of unbranched alkanes of at least 4 members (excludes halogenated alkanes) is 8. The number of rotatable bonds is 21. The molecule has 0 aliphatic heterocycles. The Morgan fingerprint density at radius 1 is 0.548 bits per heavy atom. The molecular weight excluding hydrogens is 380 g/mol. The molecule has 1 saturated carbocycles. The van der Waals surface area contributed by atoms with E-state index in [2.05, 4.69) is 20.8 Å². The summed E-state index contributed by atoms with van der Waals surface area (Å²) < 4.78 is 11.9. The minimum Gasteiger partial charge on any atom is -0.353 e. The lowest BCUT2D eigenvalue weighted by Crippen LogP contribution is -2.41. The molecule has 1 aliphatic rings. The van der Waals surface area contributed by atoms with E-state index in [0.29, 0.717) is 11.3 Å². The SMILES string of the molecule is CCCCC(CCCC)(CCCC)CCCCCCCCC(OC)(OC)C1CCCC1. The van der Waals surface area contributed by atoms with Crippen molar-refractivity contribution in [2.24, 2.45) is 11.3 Å². The van der Waals surface area contributed by atoms with Gasteiger partial charge < -0.3 is 9.47 Å². The molecule has 2 nitrogen and oxygen atoms in total. The summed E-state index contributed by atoms with van der Waals surface area (Å²) in [6, 6.07) is 0.